The van der Waals surface area contributed by atoms with Gasteiger partial charge < -0.3 is 10.6 Å². The number of hydrogen-bond donors (Lipinski definition) is 2. The van der Waals surface area contributed by atoms with Gasteiger partial charge in [-0.15, -0.1) is 12.4 Å². The van der Waals surface area contributed by atoms with Crippen LogP contribution in [-0.2, 0) is 11.3 Å². The molecule has 130 valence electrons. The molecule has 0 aliphatic carbocycles. The summed E-state index contributed by atoms with van der Waals surface area (Å²) in [5, 5.41) is 7.20. The molecule has 0 aliphatic heterocycles. The highest BCUT2D eigenvalue weighted by Crippen LogP contribution is 2.32. The summed E-state index contributed by atoms with van der Waals surface area (Å²) in [6, 6.07) is 13.3. The maximum absolute atomic E-state index is 11.9. The highest BCUT2D eigenvalue weighted by Gasteiger charge is 2.10. The lowest BCUT2D eigenvalue weighted by atomic mass is 9.99. The average molecular weight is 388 g/mol. The van der Waals surface area contributed by atoms with Crippen LogP contribution in [0.15, 0.2) is 42.5 Å². The first-order chi connectivity index (χ1) is 11.1. The smallest absolute Gasteiger partial charge is 0.220 e. The normalized spacial score (nSPS) is 10.1. The summed E-state index contributed by atoms with van der Waals surface area (Å²) in [4.78, 5) is 11.9. The van der Waals surface area contributed by atoms with Gasteiger partial charge in [-0.05, 0) is 43.3 Å². The molecular formula is C18H21Cl3N2O. The number of carbonyl (C=O) groups excluding carboxylic acids is 1. The monoisotopic (exact) mass is 386 g/mol. The van der Waals surface area contributed by atoms with E-state index in [1.165, 1.54) is 0 Å². The van der Waals surface area contributed by atoms with Gasteiger partial charge in [0.15, 0.2) is 0 Å². The molecule has 0 aromatic heterocycles. The summed E-state index contributed by atoms with van der Waals surface area (Å²) in [7, 11) is 1.88. The van der Waals surface area contributed by atoms with E-state index >= 15 is 0 Å². The fourth-order valence-corrected chi connectivity index (χ4v) is 2.86. The molecule has 0 saturated heterocycles. The van der Waals surface area contributed by atoms with E-state index in [1.807, 2.05) is 43.4 Å². The minimum atomic E-state index is 0. The number of halogens is 3. The fourth-order valence-electron chi connectivity index (χ4n) is 2.35. The van der Waals surface area contributed by atoms with Crippen LogP contribution in [0.3, 0.4) is 0 Å². The maximum atomic E-state index is 11.9. The van der Waals surface area contributed by atoms with Gasteiger partial charge in [0, 0.05) is 28.6 Å². The van der Waals surface area contributed by atoms with Crippen LogP contribution in [0.5, 0.6) is 0 Å². The number of benzene rings is 2. The van der Waals surface area contributed by atoms with Gasteiger partial charge in [-0.1, -0.05) is 53.5 Å². The summed E-state index contributed by atoms with van der Waals surface area (Å²) >= 11 is 12.3. The molecule has 2 aromatic carbocycles. The van der Waals surface area contributed by atoms with Crippen LogP contribution in [0.1, 0.15) is 18.4 Å². The zero-order chi connectivity index (χ0) is 16.7. The Labute approximate surface area is 159 Å². The van der Waals surface area contributed by atoms with Crippen molar-refractivity contribution in [2.24, 2.45) is 0 Å². The van der Waals surface area contributed by atoms with Crippen LogP contribution < -0.4 is 10.6 Å². The fraction of sp³-hybridized carbons (Fsp3) is 0.278. The van der Waals surface area contributed by atoms with E-state index in [0.717, 1.165) is 29.7 Å². The highest BCUT2D eigenvalue weighted by atomic mass is 35.5. The standard InChI is InChI=1S/C18H20Cl2N2O.ClH/c1-21-10-4-7-18(23)22-12-13-5-2-3-6-15(13)16-9-8-14(19)11-17(16)20;/h2-3,5-6,8-9,11,21H,4,7,10,12H2,1H3,(H,22,23);1H. The molecule has 0 saturated carbocycles. The van der Waals surface area contributed by atoms with Gasteiger partial charge in [-0.2, -0.15) is 0 Å². The lowest BCUT2D eigenvalue weighted by Crippen LogP contribution is -2.23. The van der Waals surface area contributed by atoms with Crippen molar-refractivity contribution in [2.45, 2.75) is 19.4 Å². The van der Waals surface area contributed by atoms with E-state index in [1.54, 1.807) is 6.07 Å². The lowest BCUT2D eigenvalue weighted by Gasteiger charge is -2.12. The van der Waals surface area contributed by atoms with E-state index in [2.05, 4.69) is 10.6 Å². The van der Waals surface area contributed by atoms with Gasteiger partial charge in [-0.3, -0.25) is 4.79 Å². The third kappa shape index (κ3) is 5.99. The zero-order valence-corrected chi connectivity index (χ0v) is 15.8. The van der Waals surface area contributed by atoms with Crippen LogP contribution in [0, 0.1) is 0 Å². The number of hydrogen-bond acceptors (Lipinski definition) is 2. The molecule has 24 heavy (non-hydrogen) atoms. The Morgan fingerprint density at radius 2 is 1.83 bits per heavy atom. The topological polar surface area (TPSA) is 41.1 Å². The van der Waals surface area contributed by atoms with Crippen molar-refractivity contribution in [1.82, 2.24) is 10.6 Å². The SMILES string of the molecule is CNCCCC(=O)NCc1ccccc1-c1ccc(Cl)cc1Cl.Cl. The molecular weight excluding hydrogens is 367 g/mol. The first kappa shape index (κ1) is 20.8. The summed E-state index contributed by atoms with van der Waals surface area (Å²) < 4.78 is 0. The Morgan fingerprint density at radius 3 is 2.54 bits per heavy atom. The first-order valence-corrected chi connectivity index (χ1v) is 8.32. The molecule has 0 aliphatic rings. The third-order valence-electron chi connectivity index (χ3n) is 3.55. The van der Waals surface area contributed by atoms with Crippen molar-refractivity contribution in [3.63, 3.8) is 0 Å². The number of nitrogens with one attached hydrogen (secondary N) is 2. The second-order valence-corrected chi connectivity index (χ2v) is 6.11. The minimum absolute atomic E-state index is 0. The summed E-state index contributed by atoms with van der Waals surface area (Å²) in [6.45, 7) is 1.32. The molecule has 2 N–H and O–H groups in total. The second-order valence-electron chi connectivity index (χ2n) is 5.27. The van der Waals surface area contributed by atoms with Crippen molar-refractivity contribution >= 4 is 41.5 Å². The van der Waals surface area contributed by atoms with E-state index in [0.29, 0.717) is 23.0 Å². The van der Waals surface area contributed by atoms with Gasteiger partial charge in [0.25, 0.3) is 0 Å². The summed E-state index contributed by atoms with van der Waals surface area (Å²) in [5.74, 6) is 0.0530. The molecule has 0 fully saturated rings. The Morgan fingerprint density at radius 1 is 1.08 bits per heavy atom. The van der Waals surface area contributed by atoms with Crippen LogP contribution in [0.25, 0.3) is 11.1 Å². The molecule has 0 radical (unpaired) electrons. The van der Waals surface area contributed by atoms with Gasteiger partial charge in [0.1, 0.15) is 0 Å². The van der Waals surface area contributed by atoms with Gasteiger partial charge in [-0.25, -0.2) is 0 Å². The van der Waals surface area contributed by atoms with E-state index in [-0.39, 0.29) is 18.3 Å². The van der Waals surface area contributed by atoms with Crippen LogP contribution in [-0.4, -0.2) is 19.5 Å². The Bertz CT molecular complexity index is 677. The Hall–Kier alpha value is -1.26. The molecule has 0 spiro atoms. The van der Waals surface area contributed by atoms with Crippen molar-refractivity contribution < 1.29 is 4.79 Å². The zero-order valence-electron chi connectivity index (χ0n) is 13.4. The molecule has 0 bridgehead atoms. The van der Waals surface area contributed by atoms with Crippen molar-refractivity contribution in [1.29, 1.82) is 0 Å². The molecule has 1 amide bonds. The van der Waals surface area contributed by atoms with Crippen molar-refractivity contribution in [2.75, 3.05) is 13.6 Å². The minimum Gasteiger partial charge on any atom is -0.352 e. The predicted molar refractivity (Wildman–Crippen MR) is 104 cm³/mol. The Kier molecular flexibility index (Phi) is 9.16. The quantitative estimate of drug-likeness (QED) is 0.676. The molecule has 0 heterocycles. The largest absolute Gasteiger partial charge is 0.352 e. The first-order valence-electron chi connectivity index (χ1n) is 7.56. The predicted octanol–water partition coefficient (Wildman–Crippen LogP) is 4.70. The number of rotatable bonds is 7. The highest BCUT2D eigenvalue weighted by molar-refractivity contribution is 6.36. The van der Waals surface area contributed by atoms with E-state index in [9.17, 15) is 4.79 Å². The molecule has 0 atom stereocenters. The summed E-state index contributed by atoms with van der Waals surface area (Å²) in [6.07, 6.45) is 1.34. The molecule has 6 heteroatoms. The van der Waals surface area contributed by atoms with Crippen molar-refractivity contribution in [3.8, 4) is 11.1 Å². The van der Waals surface area contributed by atoms with Crippen LogP contribution >= 0.6 is 35.6 Å². The van der Waals surface area contributed by atoms with E-state index in [4.69, 9.17) is 23.2 Å². The molecule has 2 aromatic rings. The number of amides is 1. The van der Waals surface area contributed by atoms with Crippen molar-refractivity contribution in [3.05, 3.63) is 58.1 Å². The van der Waals surface area contributed by atoms with Gasteiger partial charge in [0.2, 0.25) is 5.91 Å². The maximum Gasteiger partial charge on any atom is 0.220 e. The lowest BCUT2D eigenvalue weighted by molar-refractivity contribution is -0.121. The van der Waals surface area contributed by atoms with E-state index < -0.39 is 0 Å². The molecule has 2 rings (SSSR count). The van der Waals surface area contributed by atoms with Gasteiger partial charge >= 0.3 is 0 Å². The Balaban J connectivity index is 0.00000288. The second kappa shape index (κ2) is 10.6. The average Bonchev–Trinajstić information content (AvgIpc) is 2.54. The summed E-state index contributed by atoms with van der Waals surface area (Å²) in [5.41, 5.74) is 2.94. The van der Waals surface area contributed by atoms with Crippen LogP contribution in [0.4, 0.5) is 0 Å². The molecule has 0 unspecified atom stereocenters. The van der Waals surface area contributed by atoms with Gasteiger partial charge in [0.05, 0.1) is 0 Å². The third-order valence-corrected chi connectivity index (χ3v) is 4.09. The van der Waals surface area contributed by atoms with Crippen LogP contribution in [0.2, 0.25) is 10.0 Å². The molecule has 3 nitrogen and oxygen atoms in total. The number of carbonyl (C=O) groups is 1.